The molecule has 0 radical (unpaired) electrons. The maximum Gasteiger partial charge on any atom is 0.413 e. The average Bonchev–Trinajstić information content (AvgIpc) is 3.35. The number of anilines is 2. The largest absolute Gasteiger partial charge is 0.453 e. The molecule has 4 aromatic rings. The van der Waals surface area contributed by atoms with Gasteiger partial charge in [0, 0.05) is 5.56 Å². The number of halogens is 2. The summed E-state index contributed by atoms with van der Waals surface area (Å²) in [7, 11) is 1.19. The first-order valence-corrected chi connectivity index (χ1v) is 10.3. The molecule has 10 heteroatoms. The Morgan fingerprint density at radius 1 is 1.23 bits per heavy atom. The first kappa shape index (κ1) is 22.1. The van der Waals surface area contributed by atoms with Gasteiger partial charge in [-0.2, -0.15) is 0 Å². The summed E-state index contributed by atoms with van der Waals surface area (Å²) in [5, 5.41) is 14.4. The monoisotopic (exact) mass is 474 g/mol. The van der Waals surface area contributed by atoms with Crippen LogP contribution in [0.15, 0.2) is 54.6 Å². The van der Waals surface area contributed by atoms with Gasteiger partial charge in [-0.05, 0) is 36.4 Å². The quantitative estimate of drug-likeness (QED) is 0.391. The van der Waals surface area contributed by atoms with E-state index in [0.717, 1.165) is 11.0 Å². The fourth-order valence-corrected chi connectivity index (χ4v) is 4.23. The number of carbonyl (C=O) groups excluding carboxylic acids is 2. The zero-order chi connectivity index (χ0) is 24.9. The summed E-state index contributed by atoms with van der Waals surface area (Å²) >= 11 is 0. The molecule has 1 aliphatic heterocycles. The number of aromatic nitrogens is 2. The third-order valence-corrected chi connectivity index (χ3v) is 5.78. The lowest BCUT2D eigenvalue weighted by Crippen LogP contribution is -2.46. The molecule has 35 heavy (non-hydrogen) atoms. The van der Waals surface area contributed by atoms with E-state index in [4.69, 9.17) is 6.42 Å². The number of amides is 2. The van der Waals surface area contributed by atoms with Crippen molar-refractivity contribution in [1.29, 1.82) is 0 Å². The van der Waals surface area contributed by atoms with E-state index in [1.54, 1.807) is 0 Å². The van der Waals surface area contributed by atoms with Gasteiger partial charge in [-0.1, -0.05) is 24.1 Å². The van der Waals surface area contributed by atoms with Gasteiger partial charge < -0.3 is 14.8 Å². The number of hydrogen-bond donors (Lipinski definition) is 3. The number of rotatable bonds is 3. The Morgan fingerprint density at radius 3 is 2.74 bits per heavy atom. The number of H-pyrrole nitrogens is 1. The molecular formula is C25H16F2N4O4. The van der Waals surface area contributed by atoms with Gasteiger partial charge in [-0.3, -0.25) is 15.0 Å². The number of aliphatic hydroxyl groups is 1. The van der Waals surface area contributed by atoms with Crippen molar-refractivity contribution in [2.45, 2.75) is 5.72 Å². The second-order valence-electron chi connectivity index (χ2n) is 7.69. The van der Waals surface area contributed by atoms with Crippen LogP contribution in [0.2, 0.25) is 0 Å². The highest BCUT2D eigenvalue weighted by molar-refractivity contribution is 6.12. The van der Waals surface area contributed by atoms with Gasteiger partial charge in [0.2, 0.25) is 11.7 Å². The zero-order valence-electron chi connectivity index (χ0n) is 18.1. The third kappa shape index (κ3) is 3.21. The van der Waals surface area contributed by atoms with Crippen LogP contribution in [0.3, 0.4) is 0 Å². The molecule has 174 valence electrons. The summed E-state index contributed by atoms with van der Waals surface area (Å²) < 4.78 is 35.0. The predicted octanol–water partition coefficient (Wildman–Crippen LogP) is 3.85. The van der Waals surface area contributed by atoms with E-state index in [1.807, 2.05) is 0 Å². The van der Waals surface area contributed by atoms with Gasteiger partial charge in [-0.15, -0.1) is 6.42 Å². The number of methoxy groups -OCH3 is 1. The second kappa shape index (κ2) is 7.93. The van der Waals surface area contributed by atoms with Gasteiger partial charge >= 0.3 is 6.09 Å². The molecule has 2 heterocycles. The molecule has 1 aromatic heterocycles. The van der Waals surface area contributed by atoms with Gasteiger partial charge in [0.15, 0.2) is 5.82 Å². The van der Waals surface area contributed by atoms with Gasteiger partial charge in [-0.25, -0.2) is 18.6 Å². The first-order chi connectivity index (χ1) is 16.8. The van der Waals surface area contributed by atoms with E-state index in [9.17, 15) is 14.7 Å². The summed E-state index contributed by atoms with van der Waals surface area (Å²) in [5.74, 6) is -0.323. The molecule has 1 atom stereocenters. The van der Waals surface area contributed by atoms with Crippen LogP contribution in [0.4, 0.5) is 25.2 Å². The highest BCUT2D eigenvalue weighted by Crippen LogP contribution is 2.47. The van der Waals surface area contributed by atoms with Crippen molar-refractivity contribution in [3.05, 3.63) is 88.5 Å². The number of nitrogens with zero attached hydrogens (tertiary/aromatic N) is 2. The molecule has 8 nitrogen and oxygen atoms in total. The van der Waals surface area contributed by atoms with Crippen molar-refractivity contribution >= 4 is 34.7 Å². The zero-order valence-corrected chi connectivity index (χ0v) is 18.1. The predicted molar refractivity (Wildman–Crippen MR) is 123 cm³/mol. The van der Waals surface area contributed by atoms with E-state index in [-0.39, 0.29) is 33.9 Å². The lowest BCUT2D eigenvalue weighted by molar-refractivity contribution is 0.0681. The highest BCUT2D eigenvalue weighted by atomic mass is 19.1. The third-order valence-electron chi connectivity index (χ3n) is 5.78. The van der Waals surface area contributed by atoms with Crippen LogP contribution in [0.1, 0.15) is 27.0 Å². The van der Waals surface area contributed by atoms with E-state index in [0.29, 0.717) is 11.0 Å². The van der Waals surface area contributed by atoms with Gasteiger partial charge in [0.05, 0.1) is 40.5 Å². The van der Waals surface area contributed by atoms with Crippen LogP contribution in [-0.2, 0) is 10.5 Å². The molecule has 1 aliphatic rings. The lowest BCUT2D eigenvalue weighted by atomic mass is 9.92. The van der Waals surface area contributed by atoms with E-state index in [1.165, 1.54) is 55.6 Å². The number of imidazole rings is 1. The van der Waals surface area contributed by atoms with E-state index >= 15 is 8.78 Å². The number of fused-ring (bicyclic) bond motifs is 2. The Labute approximate surface area is 197 Å². The SMILES string of the molecule is C#Cc1cccc(N2C(=O)c3cccc(F)c3C2(O)c2ccc3nc(NC(=O)OC)[nH]c3c2)c1F. The molecule has 3 aromatic carbocycles. The van der Waals surface area contributed by atoms with E-state index in [2.05, 4.69) is 25.9 Å². The van der Waals surface area contributed by atoms with Crippen LogP contribution >= 0.6 is 0 Å². The van der Waals surface area contributed by atoms with Crippen molar-refractivity contribution in [3.63, 3.8) is 0 Å². The minimum absolute atomic E-state index is 0.0426. The van der Waals surface area contributed by atoms with E-state index < -0.39 is 29.4 Å². The van der Waals surface area contributed by atoms with Crippen LogP contribution in [-0.4, -0.2) is 34.2 Å². The molecule has 0 aliphatic carbocycles. The Bertz CT molecular complexity index is 1580. The molecule has 1 unspecified atom stereocenters. The lowest BCUT2D eigenvalue weighted by Gasteiger charge is -2.35. The van der Waals surface area contributed by atoms with Crippen LogP contribution in [0.5, 0.6) is 0 Å². The standard InChI is InChI=1S/C25H16F2N4O4/c1-3-13-6-4-9-19(21(13)27)31-22(32)15-7-5-8-16(26)20(15)25(31,34)14-10-11-17-18(12-14)29-23(28-17)30-24(33)35-2/h1,4-12,34H,2H3,(H2,28,29,30,33). The first-order valence-electron chi connectivity index (χ1n) is 10.3. The fraction of sp³-hybridized carbons (Fsp3) is 0.0800. The number of ether oxygens (including phenoxy) is 1. The molecule has 2 amide bonds. The molecule has 3 N–H and O–H groups in total. The minimum atomic E-state index is -2.43. The van der Waals surface area contributed by atoms with Gasteiger partial charge in [0.1, 0.15) is 5.82 Å². The van der Waals surface area contributed by atoms with Crippen molar-refractivity contribution in [2.75, 3.05) is 17.3 Å². The average molecular weight is 474 g/mol. The number of benzene rings is 3. The number of carbonyl (C=O) groups is 2. The maximum atomic E-state index is 15.3. The smallest absolute Gasteiger partial charge is 0.413 e. The molecule has 5 rings (SSSR count). The van der Waals surface area contributed by atoms with Crippen LogP contribution < -0.4 is 10.2 Å². The number of hydrogen-bond acceptors (Lipinski definition) is 5. The Balaban J connectivity index is 1.74. The van der Waals surface area contributed by atoms with Crippen LogP contribution in [0.25, 0.3) is 11.0 Å². The topological polar surface area (TPSA) is 108 Å². The summed E-state index contributed by atoms with van der Waals surface area (Å²) in [6.45, 7) is 0. The van der Waals surface area contributed by atoms with Crippen LogP contribution in [0, 0.1) is 24.0 Å². The Kier molecular flexibility index (Phi) is 5.00. The minimum Gasteiger partial charge on any atom is -0.453 e. The van der Waals surface area contributed by atoms with Crippen molar-refractivity contribution in [2.24, 2.45) is 0 Å². The molecule has 0 saturated heterocycles. The van der Waals surface area contributed by atoms with Crippen molar-refractivity contribution in [1.82, 2.24) is 9.97 Å². The number of nitrogens with one attached hydrogen (secondary N) is 2. The molecular weight excluding hydrogens is 458 g/mol. The molecule has 0 fully saturated rings. The van der Waals surface area contributed by atoms with Crippen molar-refractivity contribution < 1.29 is 28.2 Å². The van der Waals surface area contributed by atoms with Gasteiger partial charge in [0.25, 0.3) is 5.91 Å². The number of aromatic amines is 1. The number of terminal acetylenes is 1. The Morgan fingerprint density at radius 2 is 2.00 bits per heavy atom. The summed E-state index contributed by atoms with van der Waals surface area (Å²) in [6, 6.07) is 12.2. The summed E-state index contributed by atoms with van der Waals surface area (Å²) in [4.78, 5) is 32.7. The second-order valence-corrected chi connectivity index (χ2v) is 7.69. The highest BCUT2D eigenvalue weighted by Gasteiger charge is 2.53. The van der Waals surface area contributed by atoms with Crippen molar-refractivity contribution in [3.8, 4) is 12.3 Å². The summed E-state index contributed by atoms with van der Waals surface area (Å²) in [6.07, 6.45) is 4.63. The molecule has 0 spiro atoms. The maximum absolute atomic E-state index is 15.3. The fourth-order valence-electron chi connectivity index (χ4n) is 4.23. The molecule has 0 bridgehead atoms. The Hall–Kier alpha value is -4.75. The summed E-state index contributed by atoms with van der Waals surface area (Å²) in [5.41, 5.74) is -2.55. The molecule has 0 saturated carbocycles. The normalized spacial score (nSPS) is 16.8.